The molecule has 3 fully saturated rings. The number of amides is 4. The summed E-state index contributed by atoms with van der Waals surface area (Å²) in [5.41, 5.74) is 8.68. The van der Waals surface area contributed by atoms with E-state index in [1.54, 1.807) is 0 Å². The Balaban J connectivity index is 1.02. The molecule has 2 aromatic heterocycles. The Morgan fingerprint density at radius 2 is 1.04 bits per heavy atom. The highest BCUT2D eigenvalue weighted by Crippen LogP contribution is 2.45. The number of H-pyrrole nitrogens is 2. The van der Waals surface area contributed by atoms with Gasteiger partial charge in [-0.3, -0.25) is 9.59 Å². The standard InChI is InChI=1S/C54H69N9O6S/c1-32(2)46(59-52(66)68-8)50(64)61-26-10-12-42(61)48-55-28-40(57-48)34-14-18-36(19-15-34)44-30-70-31-45(63(44)39-24-22-38(23-25-39)54(5,6)7)37-20-16-35(17-21-37)41-29-56-49(58-41)43-13-11-27-62(43)51(65)47(33(3)4)60-53(67)69-9/h14-25,28-29,32-33,42-47H,10-13,26-27,30-31H2,1-9H3,(H,55,57)(H,56,58)(H,59,66)(H,60,67). The van der Waals surface area contributed by atoms with E-state index in [2.05, 4.69) is 119 Å². The van der Waals surface area contributed by atoms with Crippen molar-refractivity contribution in [3.05, 3.63) is 114 Å². The van der Waals surface area contributed by atoms with Crippen LogP contribution in [0.25, 0.3) is 22.5 Å². The van der Waals surface area contributed by atoms with Crippen LogP contribution in [0.5, 0.6) is 0 Å². The van der Waals surface area contributed by atoms with Crippen LogP contribution >= 0.6 is 11.8 Å². The number of carbonyl (C=O) groups excluding carboxylic acids is 4. The van der Waals surface area contributed by atoms with E-state index in [0.717, 1.165) is 71.4 Å². The molecule has 3 aliphatic rings. The van der Waals surface area contributed by atoms with Crippen LogP contribution in [0, 0.1) is 11.8 Å². The molecule has 0 spiro atoms. The minimum absolute atomic E-state index is 0.0212. The molecule has 3 aliphatic heterocycles. The molecule has 4 N–H and O–H groups in total. The number of aromatic nitrogens is 4. The highest BCUT2D eigenvalue weighted by molar-refractivity contribution is 7.99. The summed E-state index contributed by atoms with van der Waals surface area (Å²) in [7, 11) is 2.60. The number of ether oxygens (including phenoxy) is 2. The van der Waals surface area contributed by atoms with Crippen LogP contribution < -0.4 is 15.5 Å². The first-order chi connectivity index (χ1) is 33.6. The second-order valence-corrected chi connectivity index (χ2v) is 21.6. The molecule has 0 bridgehead atoms. The predicted molar refractivity (Wildman–Crippen MR) is 274 cm³/mol. The van der Waals surface area contributed by atoms with Crippen LogP contribution in [0.3, 0.4) is 0 Å². The van der Waals surface area contributed by atoms with Crippen LogP contribution in [-0.2, 0) is 24.5 Å². The third-order valence-corrected chi connectivity index (χ3v) is 15.2. The normalized spacial score (nSPS) is 20.4. The largest absolute Gasteiger partial charge is 0.453 e. The molecule has 15 nitrogen and oxygen atoms in total. The number of nitrogens with zero attached hydrogens (tertiary/aromatic N) is 5. The summed E-state index contributed by atoms with van der Waals surface area (Å²) in [6.45, 7) is 15.6. The number of aromatic amines is 2. The summed E-state index contributed by atoms with van der Waals surface area (Å²) < 4.78 is 9.63. The SMILES string of the molecule is COC(=O)NC(C(=O)N1CCCC1c1ncc(-c2ccc(C3CSCC(c4ccc(-c5cnc(C6CCCN6C(=O)C(NC(=O)OC)C(C)C)[nH]5)cc4)N3c3ccc(C(C)(C)C)cc3)cc2)[nH]1)C(C)C. The Morgan fingerprint density at radius 1 is 0.629 bits per heavy atom. The Hall–Kier alpha value is -6.29. The van der Waals surface area contributed by atoms with Crippen LogP contribution in [0.15, 0.2) is 85.2 Å². The lowest BCUT2D eigenvalue weighted by Crippen LogP contribution is -2.51. The van der Waals surface area contributed by atoms with Crippen LogP contribution in [0.1, 0.15) is 127 Å². The fourth-order valence-electron chi connectivity index (χ4n) is 10.1. The van der Waals surface area contributed by atoms with Gasteiger partial charge < -0.3 is 44.8 Å². The number of imidazole rings is 2. The molecule has 5 aromatic rings. The van der Waals surface area contributed by atoms with Gasteiger partial charge in [-0.25, -0.2) is 19.6 Å². The predicted octanol–water partition coefficient (Wildman–Crippen LogP) is 9.89. The van der Waals surface area contributed by atoms with Crippen molar-refractivity contribution in [1.82, 2.24) is 40.4 Å². The summed E-state index contributed by atoms with van der Waals surface area (Å²) in [6.07, 6.45) is 5.71. The van der Waals surface area contributed by atoms with Gasteiger partial charge in [0.15, 0.2) is 0 Å². The second-order valence-electron chi connectivity index (χ2n) is 20.5. The summed E-state index contributed by atoms with van der Waals surface area (Å²) in [4.78, 5) is 74.7. The molecule has 8 rings (SSSR count). The molecule has 4 amide bonds. The summed E-state index contributed by atoms with van der Waals surface area (Å²) in [6, 6.07) is 25.0. The van der Waals surface area contributed by atoms with Gasteiger partial charge in [-0.05, 0) is 82.9 Å². The zero-order chi connectivity index (χ0) is 49.9. The van der Waals surface area contributed by atoms with Gasteiger partial charge in [0.2, 0.25) is 11.8 Å². The topological polar surface area (TPSA) is 178 Å². The average Bonchev–Trinajstić information content (AvgIpc) is 4.22. The third kappa shape index (κ3) is 10.7. The Morgan fingerprint density at radius 3 is 1.41 bits per heavy atom. The minimum atomic E-state index is -0.697. The van der Waals surface area contributed by atoms with Crippen molar-refractivity contribution in [3.63, 3.8) is 0 Å². The second kappa shape index (κ2) is 21.4. The molecule has 3 aromatic carbocycles. The lowest BCUT2D eigenvalue weighted by molar-refractivity contribution is -0.136. The molecule has 3 saturated heterocycles. The number of nitrogens with one attached hydrogen (secondary N) is 4. The van der Waals surface area contributed by atoms with E-state index in [0.29, 0.717) is 13.1 Å². The van der Waals surface area contributed by atoms with E-state index in [1.165, 1.54) is 36.6 Å². The van der Waals surface area contributed by atoms with Crippen molar-refractivity contribution in [1.29, 1.82) is 0 Å². The van der Waals surface area contributed by atoms with Gasteiger partial charge in [0.25, 0.3) is 0 Å². The number of thioether (sulfide) groups is 1. The Labute approximate surface area is 416 Å². The zero-order valence-electron chi connectivity index (χ0n) is 42.0. The van der Waals surface area contributed by atoms with Crippen molar-refractivity contribution < 1.29 is 28.7 Å². The molecule has 0 aliphatic carbocycles. The quantitative estimate of drug-likeness (QED) is 0.0888. The fourth-order valence-corrected chi connectivity index (χ4v) is 11.4. The van der Waals surface area contributed by atoms with Crippen molar-refractivity contribution in [2.24, 2.45) is 11.8 Å². The maximum atomic E-state index is 13.8. The van der Waals surface area contributed by atoms with E-state index in [4.69, 9.17) is 19.4 Å². The average molecular weight is 972 g/mol. The van der Waals surface area contributed by atoms with Crippen LogP contribution in [0.4, 0.5) is 15.3 Å². The van der Waals surface area contributed by atoms with Crippen LogP contribution in [-0.4, -0.2) is 105 Å². The highest BCUT2D eigenvalue weighted by Gasteiger charge is 2.40. The van der Waals surface area contributed by atoms with Crippen molar-refractivity contribution in [2.75, 3.05) is 43.7 Å². The molecule has 6 unspecified atom stereocenters. The number of rotatable bonds is 13. The number of anilines is 1. The van der Waals surface area contributed by atoms with Crippen molar-refractivity contribution in [2.45, 2.75) is 116 Å². The maximum Gasteiger partial charge on any atom is 0.407 e. The van der Waals surface area contributed by atoms with E-state index < -0.39 is 24.3 Å². The lowest BCUT2D eigenvalue weighted by atomic mass is 9.87. The molecule has 6 atom stereocenters. The smallest absolute Gasteiger partial charge is 0.407 e. The zero-order valence-corrected chi connectivity index (χ0v) is 42.8. The number of hydrogen-bond acceptors (Lipinski definition) is 10. The van der Waals surface area contributed by atoms with E-state index >= 15 is 0 Å². The van der Waals surface area contributed by atoms with Gasteiger partial charge >= 0.3 is 12.2 Å². The molecule has 5 heterocycles. The van der Waals surface area contributed by atoms with E-state index in [1.807, 2.05) is 61.7 Å². The monoisotopic (exact) mass is 972 g/mol. The van der Waals surface area contributed by atoms with E-state index in [9.17, 15) is 19.2 Å². The molecule has 0 saturated carbocycles. The van der Waals surface area contributed by atoms with Gasteiger partial charge in [0, 0.05) is 30.3 Å². The summed E-state index contributed by atoms with van der Waals surface area (Å²) >= 11 is 1.96. The first kappa shape index (κ1) is 50.1. The minimum Gasteiger partial charge on any atom is -0.453 e. The fraction of sp³-hybridized carbons (Fsp3) is 0.481. The highest BCUT2D eigenvalue weighted by atomic mass is 32.2. The molecule has 16 heteroatoms. The lowest BCUT2D eigenvalue weighted by Gasteiger charge is -2.44. The Kier molecular flexibility index (Phi) is 15.3. The van der Waals surface area contributed by atoms with Gasteiger partial charge in [0.05, 0.1) is 62.2 Å². The van der Waals surface area contributed by atoms with Gasteiger partial charge in [-0.1, -0.05) is 109 Å². The van der Waals surface area contributed by atoms with Crippen LogP contribution in [0.2, 0.25) is 0 Å². The number of carbonyl (C=O) groups is 4. The number of likely N-dealkylation sites (tertiary alicyclic amines) is 2. The molecule has 70 heavy (non-hydrogen) atoms. The van der Waals surface area contributed by atoms with Gasteiger partial charge in [-0.2, -0.15) is 11.8 Å². The molecule has 372 valence electrons. The molecular weight excluding hydrogens is 903 g/mol. The summed E-state index contributed by atoms with van der Waals surface area (Å²) in [5, 5.41) is 5.46. The third-order valence-electron chi connectivity index (χ3n) is 14.1. The Bertz CT molecular complexity index is 2450. The van der Waals surface area contributed by atoms with Gasteiger partial charge in [-0.15, -0.1) is 0 Å². The molecular formula is C54H69N9O6S. The van der Waals surface area contributed by atoms with Crippen molar-refractivity contribution >= 4 is 41.5 Å². The first-order valence-corrected chi connectivity index (χ1v) is 25.8. The molecule has 0 radical (unpaired) electrons. The maximum absolute atomic E-state index is 13.8. The van der Waals surface area contributed by atoms with Crippen molar-refractivity contribution in [3.8, 4) is 22.5 Å². The number of methoxy groups -OCH3 is 2. The summed E-state index contributed by atoms with van der Waals surface area (Å²) in [5.74, 6) is 2.82. The van der Waals surface area contributed by atoms with E-state index in [-0.39, 0.29) is 53.2 Å². The van der Waals surface area contributed by atoms with Gasteiger partial charge in [0.1, 0.15) is 23.7 Å². The first-order valence-electron chi connectivity index (χ1n) is 24.6. The number of hydrogen-bond donors (Lipinski definition) is 4. The number of benzene rings is 3. The number of alkyl carbamates (subject to hydrolysis) is 2.